The van der Waals surface area contributed by atoms with Crippen LogP contribution < -0.4 is 0 Å². The topological polar surface area (TPSA) is 124 Å². The number of carbonyl (C=O) groups is 4. The van der Waals surface area contributed by atoms with Gasteiger partial charge in [-0.05, 0) is 29.8 Å². The van der Waals surface area contributed by atoms with Gasteiger partial charge in [0.1, 0.15) is 0 Å². The molecular formula is C30H28O10. The van der Waals surface area contributed by atoms with Crippen LogP contribution in [-0.4, -0.2) is 61.7 Å². The zero-order chi connectivity index (χ0) is 28.5. The van der Waals surface area contributed by atoms with Crippen molar-refractivity contribution in [3.8, 4) is 0 Å². The maximum atomic E-state index is 13.2. The van der Waals surface area contributed by atoms with E-state index in [0.29, 0.717) is 0 Å². The highest BCUT2D eigenvalue weighted by Gasteiger charge is 2.55. The third-order valence-electron chi connectivity index (χ3n) is 5.99. The van der Waals surface area contributed by atoms with E-state index in [1.54, 1.807) is 48.5 Å². The Balaban J connectivity index is 1.74. The summed E-state index contributed by atoms with van der Waals surface area (Å²) >= 11 is 0. The molecule has 0 bridgehead atoms. The molecule has 0 unspecified atom stereocenters. The summed E-state index contributed by atoms with van der Waals surface area (Å²) in [5.74, 6) is -3.29. The van der Waals surface area contributed by atoms with Crippen LogP contribution in [0.4, 0.5) is 0 Å². The Hall–Kier alpha value is -4.54. The molecule has 1 saturated heterocycles. The molecule has 0 radical (unpaired) electrons. The Bertz CT molecular complexity index is 1300. The summed E-state index contributed by atoms with van der Waals surface area (Å²) in [4.78, 5) is 51.2. The summed E-state index contributed by atoms with van der Waals surface area (Å²) in [5.41, 5.74) is 1.14. The van der Waals surface area contributed by atoms with Gasteiger partial charge in [0.25, 0.3) is 0 Å². The number of hydrogen-bond donors (Lipinski definition) is 0. The molecule has 1 heterocycles. The van der Waals surface area contributed by atoms with Gasteiger partial charge in [-0.3, -0.25) is 4.79 Å². The molecule has 0 aromatic heterocycles. The normalized spacial score (nSPS) is 22.0. The summed E-state index contributed by atoms with van der Waals surface area (Å²) in [5, 5.41) is 0. The molecule has 0 aliphatic carbocycles. The van der Waals surface area contributed by atoms with Gasteiger partial charge in [0, 0.05) is 6.92 Å². The number of rotatable bonds is 9. The largest absolute Gasteiger partial charge is 0.467 e. The van der Waals surface area contributed by atoms with Crippen molar-refractivity contribution in [2.24, 2.45) is 0 Å². The van der Waals surface area contributed by atoms with Crippen LogP contribution in [0.15, 0.2) is 91.0 Å². The van der Waals surface area contributed by atoms with Gasteiger partial charge in [-0.1, -0.05) is 66.7 Å². The average molecular weight is 549 g/mol. The first-order valence-corrected chi connectivity index (χ1v) is 12.5. The van der Waals surface area contributed by atoms with E-state index in [1.165, 1.54) is 24.3 Å². The second-order valence-electron chi connectivity index (χ2n) is 8.79. The van der Waals surface area contributed by atoms with Crippen LogP contribution in [0.1, 0.15) is 33.2 Å². The number of benzene rings is 3. The average Bonchev–Trinajstić information content (AvgIpc) is 2.98. The van der Waals surface area contributed by atoms with Crippen LogP contribution in [0, 0.1) is 0 Å². The van der Waals surface area contributed by atoms with Crippen molar-refractivity contribution in [2.45, 2.75) is 44.2 Å². The molecule has 10 nitrogen and oxygen atoms in total. The number of carbonyl (C=O) groups excluding carboxylic acids is 4. The van der Waals surface area contributed by atoms with Crippen molar-refractivity contribution in [2.75, 3.05) is 7.11 Å². The number of esters is 4. The molecule has 1 aliphatic rings. The minimum atomic E-state index is -1.56. The zero-order valence-corrected chi connectivity index (χ0v) is 21.8. The Kier molecular flexibility index (Phi) is 9.61. The van der Waals surface area contributed by atoms with Gasteiger partial charge in [-0.15, -0.1) is 0 Å². The first-order chi connectivity index (χ1) is 19.4. The van der Waals surface area contributed by atoms with Crippen LogP contribution in [0.5, 0.6) is 0 Å². The molecule has 0 spiro atoms. The fourth-order valence-electron chi connectivity index (χ4n) is 4.11. The molecule has 208 valence electrons. The Labute approximate surface area is 230 Å². The molecule has 4 rings (SSSR count). The van der Waals surface area contributed by atoms with E-state index in [2.05, 4.69) is 0 Å². The first-order valence-electron chi connectivity index (χ1n) is 12.5. The van der Waals surface area contributed by atoms with Crippen LogP contribution in [-0.2, 0) is 44.6 Å². The molecular weight excluding hydrogens is 520 g/mol. The predicted octanol–water partition coefficient (Wildman–Crippen LogP) is 3.48. The van der Waals surface area contributed by atoms with Gasteiger partial charge in [0.05, 0.1) is 24.8 Å². The third kappa shape index (κ3) is 7.10. The fourth-order valence-corrected chi connectivity index (χ4v) is 4.11. The van der Waals surface area contributed by atoms with Crippen LogP contribution in [0.3, 0.4) is 0 Å². The molecule has 10 heteroatoms. The standard InChI is InChI=1S/C30H28O10/c1-19(31)37-23-24(38-27(32)21-14-8-4-9-15-21)26(39-28(33)22-16-10-5-11-17-22)30(40-25(23)29(34)35-2)36-18-20-12-6-3-7-13-20/h3-17,23-26,30H,18H2,1-2H3/t23-,24-,25-,26+,30+/m0/s1. The highest BCUT2D eigenvalue weighted by Crippen LogP contribution is 2.31. The van der Waals surface area contributed by atoms with E-state index in [9.17, 15) is 19.2 Å². The van der Waals surface area contributed by atoms with E-state index in [0.717, 1.165) is 19.6 Å². The molecule has 0 saturated carbocycles. The lowest BCUT2D eigenvalue weighted by Gasteiger charge is -2.43. The number of ether oxygens (including phenoxy) is 6. The van der Waals surface area contributed by atoms with Gasteiger partial charge in [-0.2, -0.15) is 0 Å². The van der Waals surface area contributed by atoms with E-state index >= 15 is 0 Å². The molecule has 3 aromatic rings. The van der Waals surface area contributed by atoms with Gasteiger partial charge >= 0.3 is 23.9 Å². The minimum absolute atomic E-state index is 0.00360. The van der Waals surface area contributed by atoms with E-state index in [1.807, 2.05) is 18.2 Å². The lowest BCUT2D eigenvalue weighted by Crippen LogP contribution is -2.64. The molecule has 0 N–H and O–H groups in total. The molecule has 0 amide bonds. The first kappa shape index (κ1) is 28.5. The van der Waals surface area contributed by atoms with Crippen molar-refractivity contribution in [3.63, 3.8) is 0 Å². The zero-order valence-electron chi connectivity index (χ0n) is 21.8. The summed E-state index contributed by atoms with van der Waals surface area (Å²) in [7, 11) is 1.13. The molecule has 1 aliphatic heterocycles. The van der Waals surface area contributed by atoms with Gasteiger partial charge in [-0.25, -0.2) is 14.4 Å². The summed E-state index contributed by atoms with van der Waals surface area (Å²) in [6.45, 7) is 1.11. The number of hydrogen-bond acceptors (Lipinski definition) is 10. The highest BCUT2D eigenvalue weighted by atomic mass is 16.7. The van der Waals surface area contributed by atoms with Gasteiger partial charge in [0.15, 0.2) is 30.7 Å². The minimum Gasteiger partial charge on any atom is -0.467 e. The quantitative estimate of drug-likeness (QED) is 0.290. The smallest absolute Gasteiger partial charge is 0.339 e. The van der Waals surface area contributed by atoms with Gasteiger partial charge in [0.2, 0.25) is 0 Å². The second kappa shape index (κ2) is 13.5. The Morgan fingerprint density at radius 2 is 1.18 bits per heavy atom. The lowest BCUT2D eigenvalue weighted by atomic mass is 9.97. The monoisotopic (exact) mass is 548 g/mol. The summed E-state index contributed by atoms with van der Waals surface area (Å²) < 4.78 is 33.7. The van der Waals surface area contributed by atoms with Crippen molar-refractivity contribution in [1.29, 1.82) is 0 Å². The van der Waals surface area contributed by atoms with E-state index in [-0.39, 0.29) is 17.7 Å². The SMILES string of the molecule is COC(=O)[C@H]1O[C@@H](OCc2ccccc2)[C@H](OC(=O)c2ccccc2)[C@@H](OC(=O)c2ccccc2)[C@@H]1OC(C)=O. The fraction of sp³-hybridized carbons (Fsp3) is 0.267. The van der Waals surface area contributed by atoms with Crippen molar-refractivity contribution >= 4 is 23.9 Å². The summed E-state index contributed by atoms with van der Waals surface area (Å²) in [6, 6.07) is 25.2. The van der Waals surface area contributed by atoms with E-state index in [4.69, 9.17) is 28.4 Å². The van der Waals surface area contributed by atoms with Crippen LogP contribution >= 0.6 is 0 Å². The maximum absolute atomic E-state index is 13.2. The number of methoxy groups -OCH3 is 1. The molecule has 40 heavy (non-hydrogen) atoms. The van der Waals surface area contributed by atoms with E-state index < -0.39 is 54.6 Å². The van der Waals surface area contributed by atoms with Crippen molar-refractivity contribution < 1.29 is 47.6 Å². The van der Waals surface area contributed by atoms with Gasteiger partial charge < -0.3 is 28.4 Å². The third-order valence-corrected chi connectivity index (χ3v) is 5.99. The van der Waals surface area contributed by atoms with Crippen LogP contribution in [0.25, 0.3) is 0 Å². The second-order valence-corrected chi connectivity index (χ2v) is 8.79. The van der Waals surface area contributed by atoms with Crippen molar-refractivity contribution in [3.05, 3.63) is 108 Å². The highest BCUT2D eigenvalue weighted by molar-refractivity contribution is 5.90. The van der Waals surface area contributed by atoms with Crippen LogP contribution in [0.2, 0.25) is 0 Å². The predicted molar refractivity (Wildman–Crippen MR) is 139 cm³/mol. The molecule has 1 fully saturated rings. The van der Waals surface area contributed by atoms with Crippen molar-refractivity contribution in [1.82, 2.24) is 0 Å². The Morgan fingerprint density at radius 3 is 1.68 bits per heavy atom. The molecule has 3 aromatic carbocycles. The lowest BCUT2D eigenvalue weighted by molar-refractivity contribution is -0.298. The Morgan fingerprint density at radius 1 is 0.675 bits per heavy atom. The molecule has 5 atom stereocenters. The summed E-state index contributed by atoms with van der Waals surface area (Å²) in [6.07, 6.45) is -7.47. The maximum Gasteiger partial charge on any atom is 0.339 e.